The summed E-state index contributed by atoms with van der Waals surface area (Å²) in [7, 11) is -3.18. The van der Waals surface area contributed by atoms with Gasteiger partial charge < -0.3 is 5.32 Å². The van der Waals surface area contributed by atoms with Gasteiger partial charge in [-0.25, -0.2) is 8.42 Å². The molecule has 1 aliphatic heterocycles. The van der Waals surface area contributed by atoms with E-state index in [0.717, 1.165) is 11.4 Å². The second-order valence-electron chi connectivity index (χ2n) is 5.04. The standard InChI is InChI=1S/C12H20N4O3S2/c1-9(20-2)12(17)13-7-10-6-11-8-15(21(3,18)19)4-5-16(11)14-10/h6,9H,4-5,7-8H2,1-3H3,(H,13,17)/t9-/m1/s1. The van der Waals surface area contributed by atoms with Crippen molar-refractivity contribution in [1.82, 2.24) is 19.4 Å². The number of fused-ring (bicyclic) bond motifs is 1. The van der Waals surface area contributed by atoms with Crippen molar-refractivity contribution in [1.29, 1.82) is 0 Å². The smallest absolute Gasteiger partial charge is 0.233 e. The quantitative estimate of drug-likeness (QED) is 0.822. The number of hydrogen-bond acceptors (Lipinski definition) is 5. The lowest BCUT2D eigenvalue weighted by atomic mass is 10.3. The van der Waals surface area contributed by atoms with Gasteiger partial charge in [-0.2, -0.15) is 21.2 Å². The molecular formula is C12H20N4O3S2. The lowest BCUT2D eigenvalue weighted by Crippen LogP contribution is -2.37. The van der Waals surface area contributed by atoms with Crippen LogP contribution in [0.4, 0.5) is 0 Å². The summed E-state index contributed by atoms with van der Waals surface area (Å²) in [5.41, 5.74) is 1.61. The summed E-state index contributed by atoms with van der Waals surface area (Å²) in [6, 6.07) is 1.85. The van der Waals surface area contributed by atoms with Gasteiger partial charge in [-0.3, -0.25) is 9.48 Å². The minimum absolute atomic E-state index is 0.0220. The van der Waals surface area contributed by atoms with E-state index in [0.29, 0.717) is 26.2 Å². The van der Waals surface area contributed by atoms with Gasteiger partial charge in [0.25, 0.3) is 0 Å². The Labute approximate surface area is 129 Å². The maximum atomic E-state index is 11.7. The van der Waals surface area contributed by atoms with Crippen LogP contribution in [0.5, 0.6) is 0 Å². The Morgan fingerprint density at radius 1 is 1.52 bits per heavy atom. The molecule has 1 aromatic heterocycles. The monoisotopic (exact) mass is 332 g/mol. The van der Waals surface area contributed by atoms with Gasteiger partial charge >= 0.3 is 0 Å². The fourth-order valence-electron chi connectivity index (χ4n) is 2.10. The lowest BCUT2D eigenvalue weighted by Gasteiger charge is -2.25. The Morgan fingerprint density at radius 2 is 2.24 bits per heavy atom. The van der Waals surface area contributed by atoms with Crippen LogP contribution >= 0.6 is 11.8 Å². The molecule has 2 rings (SSSR count). The molecule has 1 amide bonds. The zero-order chi connectivity index (χ0) is 15.6. The highest BCUT2D eigenvalue weighted by atomic mass is 32.2. The van der Waals surface area contributed by atoms with Gasteiger partial charge in [0, 0.05) is 6.54 Å². The van der Waals surface area contributed by atoms with Crippen molar-refractivity contribution in [2.24, 2.45) is 0 Å². The number of thioether (sulfide) groups is 1. The normalized spacial score (nSPS) is 17.3. The summed E-state index contributed by atoms with van der Waals surface area (Å²) in [6.45, 7) is 3.52. The van der Waals surface area contributed by atoms with Gasteiger partial charge in [-0.15, -0.1) is 0 Å². The number of nitrogens with one attached hydrogen (secondary N) is 1. The maximum absolute atomic E-state index is 11.7. The molecule has 1 N–H and O–H groups in total. The van der Waals surface area contributed by atoms with Crippen LogP contribution in [-0.4, -0.2) is 52.7 Å². The number of carbonyl (C=O) groups is 1. The third-order valence-corrected chi connectivity index (χ3v) is 5.62. The highest BCUT2D eigenvalue weighted by Crippen LogP contribution is 2.16. The third kappa shape index (κ3) is 3.98. The zero-order valence-electron chi connectivity index (χ0n) is 12.4. The van der Waals surface area contributed by atoms with Crippen LogP contribution in [0.15, 0.2) is 6.07 Å². The molecule has 1 atom stereocenters. The van der Waals surface area contributed by atoms with E-state index in [1.54, 1.807) is 4.68 Å². The molecule has 0 bridgehead atoms. The van der Waals surface area contributed by atoms with E-state index in [1.165, 1.54) is 22.3 Å². The Morgan fingerprint density at radius 3 is 2.86 bits per heavy atom. The minimum atomic E-state index is -3.18. The van der Waals surface area contributed by atoms with E-state index in [4.69, 9.17) is 0 Å². The molecule has 118 valence electrons. The highest BCUT2D eigenvalue weighted by molar-refractivity contribution is 7.99. The van der Waals surface area contributed by atoms with E-state index in [2.05, 4.69) is 10.4 Å². The molecule has 2 heterocycles. The van der Waals surface area contributed by atoms with E-state index < -0.39 is 10.0 Å². The van der Waals surface area contributed by atoms with E-state index >= 15 is 0 Å². The number of sulfonamides is 1. The average Bonchev–Trinajstić information content (AvgIpc) is 2.84. The Kier molecular flexibility index (Phi) is 4.95. The molecule has 0 spiro atoms. The summed E-state index contributed by atoms with van der Waals surface area (Å²) in [4.78, 5) is 11.7. The van der Waals surface area contributed by atoms with E-state index in [1.807, 2.05) is 19.2 Å². The van der Waals surface area contributed by atoms with Crippen molar-refractivity contribution in [3.05, 3.63) is 17.5 Å². The molecular weight excluding hydrogens is 312 g/mol. The molecule has 1 aromatic rings. The number of aromatic nitrogens is 2. The van der Waals surface area contributed by atoms with Crippen molar-refractivity contribution in [3.8, 4) is 0 Å². The maximum Gasteiger partial charge on any atom is 0.233 e. The third-order valence-electron chi connectivity index (χ3n) is 3.45. The molecule has 0 aromatic carbocycles. The first-order chi connectivity index (χ1) is 9.81. The zero-order valence-corrected chi connectivity index (χ0v) is 14.0. The molecule has 21 heavy (non-hydrogen) atoms. The van der Waals surface area contributed by atoms with Crippen molar-refractivity contribution in [3.63, 3.8) is 0 Å². The lowest BCUT2D eigenvalue weighted by molar-refractivity contribution is -0.120. The number of amides is 1. The Hall–Kier alpha value is -1.06. The minimum Gasteiger partial charge on any atom is -0.349 e. The molecule has 1 aliphatic rings. The van der Waals surface area contributed by atoms with Crippen molar-refractivity contribution >= 4 is 27.7 Å². The highest BCUT2D eigenvalue weighted by Gasteiger charge is 2.24. The van der Waals surface area contributed by atoms with Crippen LogP contribution in [0.2, 0.25) is 0 Å². The SMILES string of the molecule is CS[C@H](C)C(=O)NCc1cc2n(n1)CCN(S(C)(=O)=O)C2. The van der Waals surface area contributed by atoms with Crippen LogP contribution in [0.25, 0.3) is 0 Å². The van der Waals surface area contributed by atoms with Crippen LogP contribution < -0.4 is 5.32 Å². The molecule has 7 nitrogen and oxygen atoms in total. The average molecular weight is 332 g/mol. The molecule has 0 saturated carbocycles. The van der Waals surface area contributed by atoms with Gasteiger partial charge in [-0.05, 0) is 19.2 Å². The van der Waals surface area contributed by atoms with E-state index in [-0.39, 0.29) is 11.2 Å². The Balaban J connectivity index is 2.00. The summed E-state index contributed by atoms with van der Waals surface area (Å²) < 4.78 is 26.4. The van der Waals surface area contributed by atoms with Gasteiger partial charge in [0.1, 0.15) is 0 Å². The van der Waals surface area contributed by atoms with Gasteiger partial charge in [0.2, 0.25) is 15.9 Å². The first-order valence-corrected chi connectivity index (χ1v) is 9.76. The van der Waals surface area contributed by atoms with Crippen LogP contribution in [0.3, 0.4) is 0 Å². The van der Waals surface area contributed by atoms with Crippen LogP contribution in [0.1, 0.15) is 18.3 Å². The molecule has 0 aliphatic carbocycles. The largest absolute Gasteiger partial charge is 0.349 e. The van der Waals surface area contributed by atoms with Crippen LogP contribution in [0, 0.1) is 0 Å². The second kappa shape index (κ2) is 6.37. The molecule has 9 heteroatoms. The number of hydrogen-bond donors (Lipinski definition) is 1. The second-order valence-corrected chi connectivity index (χ2v) is 8.20. The first kappa shape index (κ1) is 16.3. The first-order valence-electron chi connectivity index (χ1n) is 6.62. The fraction of sp³-hybridized carbons (Fsp3) is 0.667. The summed E-state index contributed by atoms with van der Waals surface area (Å²) in [5, 5.41) is 7.14. The topological polar surface area (TPSA) is 84.3 Å². The van der Waals surface area contributed by atoms with Gasteiger partial charge in [0.05, 0.1) is 42.5 Å². The molecule has 0 saturated heterocycles. The predicted molar refractivity (Wildman–Crippen MR) is 82.3 cm³/mol. The summed E-state index contributed by atoms with van der Waals surface area (Å²) >= 11 is 1.49. The number of carbonyl (C=O) groups excluding carboxylic acids is 1. The Bertz CT molecular complexity index is 626. The molecule has 0 fully saturated rings. The number of nitrogens with zero attached hydrogens (tertiary/aromatic N) is 3. The van der Waals surface area contributed by atoms with Crippen LogP contribution in [-0.2, 0) is 34.5 Å². The van der Waals surface area contributed by atoms with Crippen molar-refractivity contribution < 1.29 is 13.2 Å². The summed E-state index contributed by atoms with van der Waals surface area (Å²) in [6.07, 6.45) is 3.10. The van der Waals surface area contributed by atoms with Crippen molar-refractivity contribution in [2.75, 3.05) is 19.1 Å². The van der Waals surface area contributed by atoms with Gasteiger partial charge in [0.15, 0.2) is 0 Å². The number of rotatable bonds is 5. The predicted octanol–water partition coefficient (Wildman–Crippen LogP) is 0.0260. The van der Waals surface area contributed by atoms with Gasteiger partial charge in [-0.1, -0.05) is 0 Å². The van der Waals surface area contributed by atoms with E-state index in [9.17, 15) is 13.2 Å². The van der Waals surface area contributed by atoms with Crippen molar-refractivity contribution in [2.45, 2.75) is 31.8 Å². The summed E-state index contributed by atoms with van der Waals surface area (Å²) in [5.74, 6) is -0.0220. The molecule has 0 unspecified atom stereocenters. The fourth-order valence-corrected chi connectivity index (χ4v) is 3.18. The molecule has 0 radical (unpaired) electrons.